The minimum atomic E-state index is -0.514. The Morgan fingerprint density at radius 1 is 1.19 bits per heavy atom. The highest BCUT2D eigenvalue weighted by Gasteiger charge is 2.21. The van der Waals surface area contributed by atoms with Gasteiger partial charge < -0.3 is 19.9 Å². The van der Waals surface area contributed by atoms with E-state index in [1.54, 1.807) is 0 Å². The van der Waals surface area contributed by atoms with Crippen molar-refractivity contribution in [2.45, 2.75) is 39.3 Å². The molecule has 0 atom stereocenters. The fourth-order valence-electron chi connectivity index (χ4n) is 4.36. The van der Waals surface area contributed by atoms with E-state index in [1.165, 1.54) is 28.9 Å². The molecule has 0 radical (unpaired) electrons. The molecular formula is C24H31N5O2. The van der Waals surface area contributed by atoms with Crippen LogP contribution in [0, 0.1) is 5.92 Å². The number of anilines is 1. The fraction of sp³-hybridized carbons (Fsp3) is 0.458. The van der Waals surface area contributed by atoms with Gasteiger partial charge in [-0.2, -0.15) is 0 Å². The molecule has 4 rings (SSSR count). The Kier molecular flexibility index (Phi) is 6.94. The van der Waals surface area contributed by atoms with Crippen LogP contribution in [-0.4, -0.2) is 51.7 Å². The van der Waals surface area contributed by atoms with Crippen molar-refractivity contribution < 1.29 is 9.90 Å². The number of aromatic nitrogens is 3. The summed E-state index contributed by atoms with van der Waals surface area (Å²) in [4.78, 5) is 22.3. The summed E-state index contributed by atoms with van der Waals surface area (Å²) in [5.41, 5.74) is 3.04. The van der Waals surface area contributed by atoms with Crippen LogP contribution in [-0.2, 0) is 13.1 Å². The Morgan fingerprint density at radius 2 is 1.94 bits per heavy atom. The molecule has 0 amide bonds. The zero-order valence-corrected chi connectivity index (χ0v) is 18.1. The molecule has 2 aromatic heterocycles. The lowest BCUT2D eigenvalue weighted by Gasteiger charge is -2.32. The average molecular weight is 422 g/mol. The largest absolute Gasteiger partial charge is 0.388 e. The van der Waals surface area contributed by atoms with Crippen molar-refractivity contribution in [3.05, 3.63) is 54.0 Å². The van der Waals surface area contributed by atoms with Crippen LogP contribution in [0.15, 0.2) is 42.9 Å². The second kappa shape index (κ2) is 10.0. The molecule has 0 unspecified atom stereocenters. The van der Waals surface area contributed by atoms with Crippen molar-refractivity contribution in [2.24, 2.45) is 5.92 Å². The van der Waals surface area contributed by atoms with Crippen LogP contribution < -0.4 is 10.2 Å². The van der Waals surface area contributed by atoms with Crippen LogP contribution in [0.3, 0.4) is 0 Å². The van der Waals surface area contributed by atoms with E-state index in [4.69, 9.17) is 5.11 Å². The monoisotopic (exact) mass is 421 g/mol. The molecule has 1 fully saturated rings. The zero-order valence-electron chi connectivity index (χ0n) is 18.1. The van der Waals surface area contributed by atoms with E-state index in [2.05, 4.69) is 62.1 Å². The summed E-state index contributed by atoms with van der Waals surface area (Å²) in [5.74, 6) is 0.939. The molecule has 7 nitrogen and oxygen atoms in total. The van der Waals surface area contributed by atoms with Gasteiger partial charge in [0.1, 0.15) is 6.61 Å². The number of nitrogens with zero attached hydrogens (tertiary/aromatic N) is 4. The van der Waals surface area contributed by atoms with Crippen LogP contribution >= 0.6 is 0 Å². The first-order chi connectivity index (χ1) is 15.2. The quantitative estimate of drug-likeness (QED) is 0.517. The number of aliphatic hydroxyl groups is 1. The smallest absolute Gasteiger partial charge is 0.225 e. The Labute approximate surface area is 183 Å². The maximum Gasteiger partial charge on any atom is 0.225 e. The lowest BCUT2D eigenvalue weighted by Crippen LogP contribution is -2.38. The van der Waals surface area contributed by atoms with Crippen LogP contribution in [0.4, 0.5) is 5.95 Å². The summed E-state index contributed by atoms with van der Waals surface area (Å²) in [6, 6.07) is 8.66. The number of hydrogen-bond donors (Lipinski definition) is 2. The Hall–Kier alpha value is -2.77. The summed E-state index contributed by atoms with van der Waals surface area (Å²) in [6.45, 7) is 6.47. The summed E-state index contributed by atoms with van der Waals surface area (Å²) >= 11 is 0. The van der Waals surface area contributed by atoms with Gasteiger partial charge in [0.2, 0.25) is 5.95 Å². The number of carbonyl (C=O) groups is 1. The first kappa shape index (κ1) is 21.5. The number of carbonyl (C=O) groups excluding carboxylic acids is 1. The van der Waals surface area contributed by atoms with Crippen LogP contribution in [0.5, 0.6) is 0 Å². The van der Waals surface area contributed by atoms with Gasteiger partial charge >= 0.3 is 0 Å². The SMILES string of the molecule is CCCn1cc(CNCC2CCN(c3ncc(C(=O)CO)cn3)CC2)c2ccccc21. The zero-order chi connectivity index (χ0) is 21.6. The summed E-state index contributed by atoms with van der Waals surface area (Å²) in [7, 11) is 0. The highest BCUT2D eigenvalue weighted by molar-refractivity contribution is 5.96. The molecule has 3 heterocycles. The number of piperidine rings is 1. The van der Waals surface area contributed by atoms with Crippen LogP contribution in [0.25, 0.3) is 10.9 Å². The third-order valence-electron chi connectivity index (χ3n) is 6.09. The third kappa shape index (κ3) is 4.94. The Balaban J connectivity index is 1.27. The lowest BCUT2D eigenvalue weighted by molar-refractivity contribution is 0.0903. The highest BCUT2D eigenvalue weighted by Crippen LogP contribution is 2.23. The molecular weight excluding hydrogens is 390 g/mol. The van der Waals surface area contributed by atoms with Crippen molar-refractivity contribution in [3.63, 3.8) is 0 Å². The summed E-state index contributed by atoms with van der Waals surface area (Å²) < 4.78 is 2.37. The molecule has 0 bridgehead atoms. The molecule has 164 valence electrons. The minimum Gasteiger partial charge on any atom is -0.388 e. The van der Waals surface area contributed by atoms with Gasteiger partial charge in [0.25, 0.3) is 0 Å². The van der Waals surface area contributed by atoms with Crippen molar-refractivity contribution in [3.8, 4) is 0 Å². The number of aliphatic hydroxyl groups excluding tert-OH is 1. The Morgan fingerprint density at radius 3 is 2.65 bits per heavy atom. The molecule has 31 heavy (non-hydrogen) atoms. The maximum atomic E-state index is 11.5. The number of hydrogen-bond acceptors (Lipinski definition) is 6. The van der Waals surface area contributed by atoms with E-state index in [1.807, 2.05) is 0 Å². The standard InChI is InChI=1S/C24H31N5O2/c1-2-9-29-16-20(21-5-3-4-6-22(21)29)13-25-12-18-7-10-28(11-8-18)24-26-14-19(15-27-24)23(31)17-30/h3-6,14-16,18,25,30H,2,7-13,17H2,1H3. The summed E-state index contributed by atoms with van der Waals surface area (Å²) in [5, 5.41) is 14.0. The van der Waals surface area contributed by atoms with Gasteiger partial charge in [-0.1, -0.05) is 25.1 Å². The number of para-hydroxylation sites is 1. The van der Waals surface area contributed by atoms with Gasteiger partial charge in [-0.05, 0) is 43.4 Å². The minimum absolute atomic E-state index is 0.352. The van der Waals surface area contributed by atoms with Gasteiger partial charge in [0.05, 0.1) is 5.56 Å². The highest BCUT2D eigenvalue weighted by atomic mass is 16.3. The predicted molar refractivity (Wildman–Crippen MR) is 122 cm³/mol. The number of aryl methyl sites for hydroxylation is 1. The van der Waals surface area contributed by atoms with E-state index >= 15 is 0 Å². The number of Topliss-reactive ketones (excluding diaryl/α,β-unsaturated/α-hetero) is 1. The molecule has 1 saturated heterocycles. The molecule has 0 spiro atoms. The van der Waals surface area contributed by atoms with Gasteiger partial charge in [0.15, 0.2) is 5.78 Å². The van der Waals surface area contributed by atoms with Gasteiger partial charge in [-0.3, -0.25) is 4.79 Å². The molecule has 7 heteroatoms. The first-order valence-corrected chi connectivity index (χ1v) is 11.2. The second-order valence-electron chi connectivity index (χ2n) is 8.28. The second-order valence-corrected chi connectivity index (χ2v) is 8.28. The molecule has 2 N–H and O–H groups in total. The van der Waals surface area contributed by atoms with E-state index in [9.17, 15) is 4.79 Å². The number of fused-ring (bicyclic) bond motifs is 1. The molecule has 3 aromatic rings. The normalized spacial score (nSPS) is 15.0. The molecule has 1 aromatic carbocycles. The third-order valence-corrected chi connectivity index (χ3v) is 6.09. The summed E-state index contributed by atoms with van der Waals surface area (Å²) in [6.07, 6.45) is 8.62. The maximum absolute atomic E-state index is 11.5. The van der Waals surface area contributed by atoms with E-state index in [0.717, 1.165) is 52.0 Å². The number of benzene rings is 1. The Bertz CT molecular complexity index is 1010. The van der Waals surface area contributed by atoms with Crippen molar-refractivity contribution in [1.29, 1.82) is 0 Å². The topological polar surface area (TPSA) is 83.3 Å². The van der Waals surface area contributed by atoms with Crippen molar-refractivity contribution >= 4 is 22.6 Å². The van der Waals surface area contributed by atoms with Gasteiger partial charge in [-0.15, -0.1) is 0 Å². The van der Waals surface area contributed by atoms with Crippen molar-refractivity contribution in [2.75, 3.05) is 31.1 Å². The molecule has 0 aliphatic carbocycles. The van der Waals surface area contributed by atoms with Crippen LogP contribution in [0.1, 0.15) is 42.1 Å². The molecule has 0 saturated carbocycles. The van der Waals surface area contributed by atoms with E-state index in [0.29, 0.717) is 17.4 Å². The average Bonchev–Trinajstić information content (AvgIpc) is 3.17. The molecule has 1 aliphatic rings. The van der Waals surface area contributed by atoms with Crippen LogP contribution in [0.2, 0.25) is 0 Å². The lowest BCUT2D eigenvalue weighted by atomic mass is 9.97. The first-order valence-electron chi connectivity index (χ1n) is 11.2. The fourth-order valence-corrected chi connectivity index (χ4v) is 4.36. The number of rotatable bonds is 9. The van der Waals surface area contributed by atoms with Crippen molar-refractivity contribution in [1.82, 2.24) is 19.9 Å². The van der Waals surface area contributed by atoms with E-state index in [-0.39, 0.29) is 5.78 Å². The predicted octanol–water partition coefficient (Wildman–Crippen LogP) is 3.02. The molecule has 1 aliphatic heterocycles. The van der Waals surface area contributed by atoms with Gasteiger partial charge in [0, 0.05) is 55.7 Å². The van der Waals surface area contributed by atoms with E-state index < -0.39 is 6.61 Å². The number of ketones is 1. The number of nitrogens with one attached hydrogen (secondary N) is 1. The van der Waals surface area contributed by atoms with Gasteiger partial charge in [-0.25, -0.2) is 9.97 Å².